The third-order valence-electron chi connectivity index (χ3n) is 4.73. The monoisotopic (exact) mass is 410 g/mol. The van der Waals surface area contributed by atoms with Crippen LogP contribution in [0.25, 0.3) is 0 Å². The second-order valence-electron chi connectivity index (χ2n) is 8.16. The maximum Gasteiger partial charge on any atom is 0.344 e. The van der Waals surface area contributed by atoms with Crippen molar-refractivity contribution in [3.05, 3.63) is 54.1 Å². The van der Waals surface area contributed by atoms with Gasteiger partial charge in [0.2, 0.25) is 5.91 Å². The minimum atomic E-state index is -1.06. The van der Waals surface area contributed by atoms with Gasteiger partial charge in [-0.1, -0.05) is 51.1 Å². The first-order chi connectivity index (χ1) is 14.2. The van der Waals surface area contributed by atoms with E-state index < -0.39 is 18.0 Å². The average Bonchev–Trinajstić information content (AvgIpc) is 2.70. The zero-order valence-electron chi connectivity index (χ0n) is 17.6. The zero-order valence-corrected chi connectivity index (χ0v) is 17.6. The Morgan fingerprint density at radius 3 is 2.50 bits per heavy atom. The Bertz CT molecular complexity index is 964. The van der Waals surface area contributed by atoms with Crippen LogP contribution < -0.4 is 15.0 Å². The first-order valence-corrected chi connectivity index (χ1v) is 9.79. The van der Waals surface area contributed by atoms with Crippen molar-refractivity contribution in [2.75, 3.05) is 23.4 Å². The fourth-order valence-corrected chi connectivity index (χ4v) is 3.28. The third-order valence-corrected chi connectivity index (χ3v) is 4.73. The molecule has 2 amide bonds. The fourth-order valence-electron chi connectivity index (χ4n) is 3.28. The van der Waals surface area contributed by atoms with Crippen molar-refractivity contribution in [3.63, 3.8) is 0 Å². The molecule has 158 valence electrons. The maximum absolute atomic E-state index is 12.8. The molecular formula is C23H26N2O5. The second-order valence-corrected chi connectivity index (χ2v) is 8.16. The molecule has 0 radical (unpaired) electrons. The number of hydrogen-bond acceptors (Lipinski definition) is 5. The normalized spacial score (nSPS) is 14.4. The summed E-state index contributed by atoms with van der Waals surface area (Å²) in [4.78, 5) is 38.4. The van der Waals surface area contributed by atoms with Gasteiger partial charge in [0.25, 0.3) is 5.91 Å². The summed E-state index contributed by atoms with van der Waals surface area (Å²) in [6.45, 7) is 7.20. The van der Waals surface area contributed by atoms with E-state index in [9.17, 15) is 14.4 Å². The lowest BCUT2D eigenvalue weighted by atomic mass is 9.86. The minimum Gasteiger partial charge on any atom is -0.482 e. The molecule has 2 aromatic rings. The topological polar surface area (TPSA) is 84.9 Å². The Morgan fingerprint density at radius 2 is 1.77 bits per heavy atom. The van der Waals surface area contributed by atoms with Crippen molar-refractivity contribution < 1.29 is 23.9 Å². The van der Waals surface area contributed by atoms with Gasteiger partial charge in [0.15, 0.2) is 12.7 Å². The van der Waals surface area contributed by atoms with Gasteiger partial charge in [-0.3, -0.25) is 14.5 Å². The minimum absolute atomic E-state index is 0.132. The summed E-state index contributed by atoms with van der Waals surface area (Å²) in [5.41, 5.74) is 1.94. The first kappa shape index (κ1) is 21.4. The van der Waals surface area contributed by atoms with Gasteiger partial charge >= 0.3 is 5.97 Å². The number of anilines is 2. The quantitative estimate of drug-likeness (QED) is 0.765. The predicted octanol–water partition coefficient (Wildman–Crippen LogP) is 3.28. The van der Waals surface area contributed by atoms with Crippen LogP contribution >= 0.6 is 0 Å². The van der Waals surface area contributed by atoms with Crippen molar-refractivity contribution in [1.29, 1.82) is 0 Å². The van der Waals surface area contributed by atoms with Crippen LogP contribution in [0.4, 0.5) is 11.4 Å². The number of hydrogen-bond donors (Lipinski definition) is 1. The summed E-state index contributed by atoms with van der Waals surface area (Å²) < 4.78 is 10.9. The summed E-state index contributed by atoms with van der Waals surface area (Å²) in [5.74, 6) is -0.833. The number of nitrogens with one attached hydrogen (secondary N) is 1. The van der Waals surface area contributed by atoms with Gasteiger partial charge in [-0.15, -0.1) is 0 Å². The molecule has 1 aliphatic rings. The SMILES string of the molecule is C[C@@H](OC(=O)COc1ccccc1C(C)(C)C)C(=O)N1CC(=O)Nc2ccccc21. The van der Waals surface area contributed by atoms with Crippen LogP contribution in [0.5, 0.6) is 5.75 Å². The number of rotatable bonds is 5. The van der Waals surface area contributed by atoms with E-state index >= 15 is 0 Å². The molecule has 1 heterocycles. The molecule has 3 rings (SSSR count). The molecule has 30 heavy (non-hydrogen) atoms. The van der Waals surface area contributed by atoms with E-state index in [1.807, 2.05) is 18.2 Å². The van der Waals surface area contributed by atoms with Crippen LogP contribution in [0, 0.1) is 0 Å². The number of carbonyl (C=O) groups excluding carboxylic acids is 3. The fraction of sp³-hybridized carbons (Fsp3) is 0.348. The molecule has 2 aromatic carbocycles. The van der Waals surface area contributed by atoms with Crippen LogP contribution in [-0.4, -0.2) is 37.0 Å². The number of esters is 1. The van der Waals surface area contributed by atoms with Gasteiger partial charge in [0, 0.05) is 0 Å². The van der Waals surface area contributed by atoms with E-state index in [1.165, 1.54) is 11.8 Å². The number of ether oxygens (including phenoxy) is 2. The summed E-state index contributed by atoms with van der Waals surface area (Å²) >= 11 is 0. The molecular weight excluding hydrogens is 384 g/mol. The molecule has 1 atom stereocenters. The summed E-state index contributed by atoms with van der Waals surface area (Å²) in [7, 11) is 0. The largest absolute Gasteiger partial charge is 0.482 e. The number of benzene rings is 2. The predicted molar refractivity (Wildman–Crippen MR) is 114 cm³/mol. The van der Waals surface area contributed by atoms with Gasteiger partial charge in [-0.2, -0.15) is 0 Å². The van der Waals surface area contributed by atoms with Gasteiger partial charge in [-0.05, 0) is 36.1 Å². The summed E-state index contributed by atoms with van der Waals surface area (Å²) in [5, 5.41) is 2.72. The molecule has 1 aliphatic heterocycles. The highest BCUT2D eigenvalue weighted by molar-refractivity contribution is 6.11. The number of nitrogens with zero attached hydrogens (tertiary/aromatic N) is 1. The Morgan fingerprint density at radius 1 is 1.10 bits per heavy atom. The Balaban J connectivity index is 1.63. The highest BCUT2D eigenvalue weighted by Gasteiger charge is 2.31. The molecule has 7 heteroatoms. The van der Waals surface area contributed by atoms with E-state index in [2.05, 4.69) is 26.1 Å². The van der Waals surface area contributed by atoms with Crippen LogP contribution in [0.3, 0.4) is 0 Å². The number of carbonyl (C=O) groups is 3. The lowest BCUT2D eigenvalue weighted by molar-refractivity contribution is -0.155. The molecule has 0 aliphatic carbocycles. The molecule has 0 bridgehead atoms. The average molecular weight is 410 g/mol. The van der Waals surface area contributed by atoms with Gasteiger partial charge in [0.1, 0.15) is 12.3 Å². The van der Waals surface area contributed by atoms with Crippen LogP contribution in [0.1, 0.15) is 33.3 Å². The molecule has 0 aromatic heterocycles. The van der Waals surface area contributed by atoms with Crippen molar-refractivity contribution in [2.24, 2.45) is 0 Å². The lowest BCUT2D eigenvalue weighted by Crippen LogP contribution is -2.47. The van der Waals surface area contributed by atoms with Crippen LogP contribution in [0.15, 0.2) is 48.5 Å². The number of amides is 2. The van der Waals surface area contributed by atoms with E-state index in [1.54, 1.807) is 30.3 Å². The van der Waals surface area contributed by atoms with Crippen molar-refractivity contribution in [2.45, 2.75) is 39.2 Å². The third kappa shape index (κ3) is 4.79. The highest BCUT2D eigenvalue weighted by atomic mass is 16.6. The maximum atomic E-state index is 12.8. The number of fused-ring (bicyclic) bond motifs is 1. The van der Waals surface area contributed by atoms with Gasteiger partial charge in [0.05, 0.1) is 11.4 Å². The van der Waals surface area contributed by atoms with E-state index in [-0.39, 0.29) is 24.5 Å². The van der Waals surface area contributed by atoms with Gasteiger partial charge in [-0.25, -0.2) is 4.79 Å². The highest BCUT2D eigenvalue weighted by Crippen LogP contribution is 2.31. The summed E-state index contributed by atoms with van der Waals surface area (Å²) in [6.07, 6.45) is -1.06. The molecule has 0 saturated heterocycles. The standard InChI is InChI=1S/C23H26N2O5/c1-15(22(28)25-13-20(26)24-17-10-6-7-11-18(17)25)30-21(27)14-29-19-12-8-5-9-16(19)23(2,3)4/h5-12,15H,13-14H2,1-4H3,(H,24,26)/t15-/m1/s1. The molecule has 0 unspecified atom stereocenters. The molecule has 0 fully saturated rings. The van der Waals surface area contributed by atoms with E-state index in [0.717, 1.165) is 5.56 Å². The van der Waals surface area contributed by atoms with E-state index in [4.69, 9.17) is 9.47 Å². The van der Waals surface area contributed by atoms with Crippen molar-refractivity contribution >= 4 is 29.2 Å². The zero-order chi connectivity index (χ0) is 21.9. The second kappa shape index (κ2) is 8.57. The summed E-state index contributed by atoms with van der Waals surface area (Å²) in [6, 6.07) is 14.5. The molecule has 0 saturated carbocycles. The van der Waals surface area contributed by atoms with Crippen LogP contribution in [0.2, 0.25) is 0 Å². The number of para-hydroxylation sites is 3. The molecule has 0 spiro atoms. The van der Waals surface area contributed by atoms with Gasteiger partial charge < -0.3 is 14.8 Å². The van der Waals surface area contributed by atoms with Crippen LogP contribution in [-0.2, 0) is 24.5 Å². The van der Waals surface area contributed by atoms with Crippen molar-refractivity contribution in [1.82, 2.24) is 0 Å². The first-order valence-electron chi connectivity index (χ1n) is 9.79. The molecule has 1 N–H and O–H groups in total. The lowest BCUT2D eigenvalue weighted by Gasteiger charge is -2.30. The Labute approximate surface area is 176 Å². The Kier molecular flexibility index (Phi) is 6.10. The molecule has 7 nitrogen and oxygen atoms in total. The van der Waals surface area contributed by atoms with Crippen molar-refractivity contribution in [3.8, 4) is 5.75 Å². The Hall–Kier alpha value is -3.35. The van der Waals surface area contributed by atoms with E-state index in [0.29, 0.717) is 17.1 Å². The smallest absolute Gasteiger partial charge is 0.344 e.